The van der Waals surface area contributed by atoms with Crippen molar-refractivity contribution >= 4 is 12.0 Å². The first-order chi connectivity index (χ1) is 8.59. The molecule has 0 aromatic heterocycles. The van der Waals surface area contributed by atoms with Crippen molar-refractivity contribution in [2.24, 2.45) is 0 Å². The minimum absolute atomic E-state index is 0.300. The smallest absolute Gasteiger partial charge is 0.405 e. The van der Waals surface area contributed by atoms with Gasteiger partial charge in [-0.2, -0.15) is 0 Å². The molecule has 5 nitrogen and oxygen atoms in total. The van der Waals surface area contributed by atoms with Crippen LogP contribution < -0.4 is 10.6 Å². The van der Waals surface area contributed by atoms with Crippen molar-refractivity contribution in [2.75, 3.05) is 6.54 Å². The van der Waals surface area contributed by atoms with Crippen molar-refractivity contribution in [2.45, 2.75) is 25.8 Å². The molecule has 18 heavy (non-hydrogen) atoms. The minimum atomic E-state index is -1.19. The van der Waals surface area contributed by atoms with Gasteiger partial charge in [-0.3, -0.25) is 4.79 Å². The van der Waals surface area contributed by atoms with Crippen molar-refractivity contribution in [3.05, 3.63) is 35.9 Å². The molecule has 1 aromatic rings. The van der Waals surface area contributed by atoms with Gasteiger partial charge in [-0.25, -0.2) is 4.79 Å². The lowest BCUT2D eigenvalue weighted by Gasteiger charge is -2.11. The van der Waals surface area contributed by atoms with E-state index >= 15 is 0 Å². The normalized spacial score (nSPS) is 11.6. The van der Waals surface area contributed by atoms with E-state index in [2.05, 4.69) is 10.6 Å². The highest BCUT2D eigenvalue weighted by atomic mass is 16.4. The van der Waals surface area contributed by atoms with Crippen LogP contribution in [0.1, 0.15) is 18.9 Å². The molecule has 1 rings (SSSR count). The molecule has 0 unspecified atom stereocenters. The highest BCUT2D eigenvalue weighted by Gasteiger charge is 2.13. The Kier molecular flexibility index (Phi) is 5.70. The summed E-state index contributed by atoms with van der Waals surface area (Å²) >= 11 is 0. The van der Waals surface area contributed by atoms with Crippen LogP contribution in [0.5, 0.6) is 0 Å². The minimum Gasteiger partial charge on any atom is -0.465 e. The SMILES string of the molecule is C[C@H](NC(=O)O)C(=O)NCCCc1ccccc1. The van der Waals surface area contributed by atoms with Crippen LogP contribution >= 0.6 is 0 Å². The average Bonchev–Trinajstić information content (AvgIpc) is 2.34. The van der Waals surface area contributed by atoms with E-state index in [0.29, 0.717) is 6.54 Å². The highest BCUT2D eigenvalue weighted by Crippen LogP contribution is 2.01. The Bertz CT molecular complexity index is 392. The number of hydrogen-bond donors (Lipinski definition) is 3. The van der Waals surface area contributed by atoms with Gasteiger partial charge in [-0.05, 0) is 25.3 Å². The molecule has 0 fully saturated rings. The molecule has 1 atom stereocenters. The van der Waals surface area contributed by atoms with Gasteiger partial charge in [-0.15, -0.1) is 0 Å². The lowest BCUT2D eigenvalue weighted by atomic mass is 10.1. The van der Waals surface area contributed by atoms with Gasteiger partial charge in [0.25, 0.3) is 0 Å². The predicted molar refractivity (Wildman–Crippen MR) is 68.4 cm³/mol. The van der Waals surface area contributed by atoms with E-state index in [1.165, 1.54) is 12.5 Å². The zero-order valence-corrected chi connectivity index (χ0v) is 10.3. The number of amides is 2. The lowest BCUT2D eigenvalue weighted by molar-refractivity contribution is -0.122. The van der Waals surface area contributed by atoms with E-state index in [1.807, 2.05) is 30.3 Å². The second-order valence-electron chi connectivity index (χ2n) is 4.05. The van der Waals surface area contributed by atoms with Crippen molar-refractivity contribution in [3.8, 4) is 0 Å². The molecule has 0 aliphatic heterocycles. The molecule has 0 heterocycles. The molecule has 3 N–H and O–H groups in total. The Morgan fingerprint density at radius 3 is 2.56 bits per heavy atom. The third kappa shape index (κ3) is 5.34. The third-order valence-corrected chi connectivity index (χ3v) is 2.52. The summed E-state index contributed by atoms with van der Waals surface area (Å²) in [6.07, 6.45) is 0.527. The van der Waals surface area contributed by atoms with Gasteiger partial charge in [0, 0.05) is 6.54 Å². The van der Waals surface area contributed by atoms with Crippen LogP contribution in [0.25, 0.3) is 0 Å². The number of aryl methyl sites for hydroxylation is 1. The average molecular weight is 250 g/mol. The molecule has 0 radical (unpaired) electrons. The fourth-order valence-electron chi connectivity index (χ4n) is 1.55. The Morgan fingerprint density at radius 2 is 1.94 bits per heavy atom. The van der Waals surface area contributed by atoms with Crippen molar-refractivity contribution in [3.63, 3.8) is 0 Å². The maximum absolute atomic E-state index is 11.5. The van der Waals surface area contributed by atoms with Crippen LogP contribution in [0.3, 0.4) is 0 Å². The van der Waals surface area contributed by atoms with Gasteiger partial charge in [0.2, 0.25) is 5.91 Å². The van der Waals surface area contributed by atoms with Crippen molar-refractivity contribution in [1.82, 2.24) is 10.6 Å². The van der Waals surface area contributed by atoms with Gasteiger partial charge < -0.3 is 15.7 Å². The van der Waals surface area contributed by atoms with E-state index in [0.717, 1.165) is 12.8 Å². The second kappa shape index (κ2) is 7.32. The van der Waals surface area contributed by atoms with Gasteiger partial charge in [0.15, 0.2) is 0 Å². The molecule has 0 aliphatic rings. The first-order valence-corrected chi connectivity index (χ1v) is 5.90. The van der Waals surface area contributed by atoms with Crippen LogP contribution in [-0.4, -0.2) is 29.7 Å². The van der Waals surface area contributed by atoms with E-state index in [9.17, 15) is 9.59 Å². The molecule has 0 spiro atoms. The van der Waals surface area contributed by atoms with E-state index in [1.54, 1.807) is 0 Å². The highest BCUT2D eigenvalue weighted by molar-refractivity contribution is 5.84. The molecular formula is C13H18N2O3. The van der Waals surface area contributed by atoms with Crippen LogP contribution in [0.4, 0.5) is 4.79 Å². The molecule has 1 aromatic carbocycles. The summed E-state index contributed by atoms with van der Waals surface area (Å²) < 4.78 is 0. The zero-order chi connectivity index (χ0) is 13.4. The fourth-order valence-corrected chi connectivity index (χ4v) is 1.55. The summed E-state index contributed by atoms with van der Waals surface area (Å²) in [5, 5.41) is 13.3. The molecule has 0 bridgehead atoms. The Morgan fingerprint density at radius 1 is 1.28 bits per heavy atom. The number of carbonyl (C=O) groups is 2. The molecule has 5 heteroatoms. The Labute approximate surface area is 106 Å². The number of nitrogens with one attached hydrogen (secondary N) is 2. The summed E-state index contributed by atoms with van der Waals surface area (Å²) in [6.45, 7) is 2.06. The zero-order valence-electron chi connectivity index (χ0n) is 10.3. The van der Waals surface area contributed by atoms with Gasteiger partial charge in [-0.1, -0.05) is 30.3 Å². The van der Waals surface area contributed by atoms with Crippen molar-refractivity contribution in [1.29, 1.82) is 0 Å². The van der Waals surface area contributed by atoms with Crippen LogP contribution in [-0.2, 0) is 11.2 Å². The first-order valence-electron chi connectivity index (χ1n) is 5.90. The van der Waals surface area contributed by atoms with Crippen LogP contribution in [0.15, 0.2) is 30.3 Å². The van der Waals surface area contributed by atoms with Gasteiger partial charge in [0.05, 0.1) is 0 Å². The number of carboxylic acid groups (broad SMARTS) is 1. The topological polar surface area (TPSA) is 78.4 Å². The molecule has 0 saturated carbocycles. The standard InChI is InChI=1S/C13H18N2O3/c1-10(15-13(17)18)12(16)14-9-5-8-11-6-3-2-4-7-11/h2-4,6-7,10,15H,5,8-9H2,1H3,(H,14,16)(H,17,18)/t10-/m0/s1. The largest absolute Gasteiger partial charge is 0.465 e. The fraction of sp³-hybridized carbons (Fsp3) is 0.385. The summed E-state index contributed by atoms with van der Waals surface area (Å²) in [5.41, 5.74) is 1.23. The van der Waals surface area contributed by atoms with Crippen LogP contribution in [0, 0.1) is 0 Å². The first kappa shape index (κ1) is 14.0. The lowest BCUT2D eigenvalue weighted by Crippen LogP contribution is -2.44. The number of rotatable bonds is 6. The van der Waals surface area contributed by atoms with E-state index in [-0.39, 0.29) is 5.91 Å². The maximum Gasteiger partial charge on any atom is 0.405 e. The number of benzene rings is 1. The third-order valence-electron chi connectivity index (χ3n) is 2.52. The van der Waals surface area contributed by atoms with Gasteiger partial charge >= 0.3 is 6.09 Å². The molecule has 2 amide bonds. The summed E-state index contributed by atoms with van der Waals surface area (Å²) in [6, 6.07) is 9.27. The molecule has 98 valence electrons. The Hall–Kier alpha value is -2.04. The summed E-state index contributed by atoms with van der Waals surface area (Å²) in [7, 11) is 0. The number of carbonyl (C=O) groups excluding carboxylic acids is 1. The van der Waals surface area contributed by atoms with Gasteiger partial charge in [0.1, 0.15) is 6.04 Å². The molecular weight excluding hydrogens is 232 g/mol. The number of hydrogen-bond acceptors (Lipinski definition) is 2. The Balaban J connectivity index is 2.18. The quantitative estimate of drug-likeness (QED) is 0.668. The molecule has 0 saturated heterocycles. The molecule has 0 aliphatic carbocycles. The second-order valence-corrected chi connectivity index (χ2v) is 4.05. The maximum atomic E-state index is 11.5. The summed E-state index contributed by atoms with van der Waals surface area (Å²) in [5.74, 6) is -0.300. The van der Waals surface area contributed by atoms with E-state index < -0.39 is 12.1 Å². The van der Waals surface area contributed by atoms with E-state index in [4.69, 9.17) is 5.11 Å². The monoisotopic (exact) mass is 250 g/mol. The predicted octanol–water partition coefficient (Wildman–Crippen LogP) is 1.39. The van der Waals surface area contributed by atoms with Crippen molar-refractivity contribution < 1.29 is 14.7 Å². The van der Waals surface area contributed by atoms with Crippen LogP contribution in [0.2, 0.25) is 0 Å². The summed E-state index contributed by atoms with van der Waals surface area (Å²) in [4.78, 5) is 21.8.